The first-order chi connectivity index (χ1) is 8.09. The van der Waals surface area contributed by atoms with E-state index in [4.69, 9.17) is 34.8 Å². The van der Waals surface area contributed by atoms with Crippen molar-refractivity contribution < 1.29 is 5.11 Å². The average molecular weight is 312 g/mol. The lowest BCUT2D eigenvalue weighted by atomic mass is 10.0. The van der Waals surface area contributed by atoms with Crippen molar-refractivity contribution in [3.05, 3.63) is 21.1 Å². The minimum Gasteiger partial charge on any atom is -0.505 e. The summed E-state index contributed by atoms with van der Waals surface area (Å²) in [5.74, 6) is -0.133. The minimum atomic E-state index is -0.133. The summed E-state index contributed by atoms with van der Waals surface area (Å²) in [6.07, 6.45) is 6.28. The molecule has 1 N–H and O–H groups in total. The van der Waals surface area contributed by atoms with Gasteiger partial charge in [0.05, 0.1) is 10.0 Å². The molecule has 1 aliphatic rings. The van der Waals surface area contributed by atoms with Crippen molar-refractivity contribution in [3.63, 3.8) is 0 Å². The Morgan fingerprint density at radius 3 is 2.35 bits per heavy atom. The van der Waals surface area contributed by atoms with Gasteiger partial charge in [-0.2, -0.15) is 0 Å². The fourth-order valence-electron chi connectivity index (χ4n) is 2.01. The minimum absolute atomic E-state index is 0.133. The number of rotatable bonds is 2. The topological polar surface area (TPSA) is 20.2 Å². The zero-order valence-corrected chi connectivity index (χ0v) is 12.3. The van der Waals surface area contributed by atoms with Crippen LogP contribution < -0.4 is 0 Å². The molecule has 0 heterocycles. The van der Waals surface area contributed by atoms with Gasteiger partial charge in [0.15, 0.2) is 5.75 Å². The van der Waals surface area contributed by atoms with Gasteiger partial charge in [-0.15, -0.1) is 11.8 Å². The second-order valence-corrected chi connectivity index (χ2v) is 6.72. The summed E-state index contributed by atoms with van der Waals surface area (Å²) in [5.41, 5.74) is 0. The molecule has 94 valence electrons. The van der Waals surface area contributed by atoms with Crippen molar-refractivity contribution in [1.82, 2.24) is 0 Å². The van der Waals surface area contributed by atoms with Gasteiger partial charge in [0.1, 0.15) is 5.02 Å². The van der Waals surface area contributed by atoms with Crippen molar-refractivity contribution in [1.29, 1.82) is 0 Å². The van der Waals surface area contributed by atoms with E-state index in [1.54, 1.807) is 17.8 Å². The Balaban J connectivity index is 2.20. The Morgan fingerprint density at radius 1 is 1.06 bits per heavy atom. The van der Waals surface area contributed by atoms with Gasteiger partial charge >= 0.3 is 0 Å². The summed E-state index contributed by atoms with van der Waals surface area (Å²) in [6.45, 7) is 0. The van der Waals surface area contributed by atoms with E-state index in [1.807, 2.05) is 0 Å². The fraction of sp³-hybridized carbons (Fsp3) is 0.500. The van der Waals surface area contributed by atoms with Gasteiger partial charge in [-0.05, 0) is 18.9 Å². The fourth-order valence-corrected chi connectivity index (χ4v) is 4.19. The van der Waals surface area contributed by atoms with Crippen LogP contribution in [0.3, 0.4) is 0 Å². The standard InChI is InChI=1S/C12H13Cl3OS/c13-8-6-9(10(14)11(15)12(8)16)17-7-4-2-1-3-5-7/h6-7,16H,1-5H2. The van der Waals surface area contributed by atoms with Crippen LogP contribution in [0.1, 0.15) is 32.1 Å². The van der Waals surface area contributed by atoms with E-state index < -0.39 is 0 Å². The maximum atomic E-state index is 9.56. The Hall–Kier alpha value is 0.240. The quantitative estimate of drug-likeness (QED) is 0.699. The van der Waals surface area contributed by atoms with E-state index in [1.165, 1.54) is 32.1 Å². The van der Waals surface area contributed by atoms with Crippen LogP contribution in [0.4, 0.5) is 0 Å². The molecule has 5 heteroatoms. The summed E-state index contributed by atoms with van der Waals surface area (Å²) in [5, 5.41) is 11.0. The van der Waals surface area contributed by atoms with Crippen LogP contribution in [0.25, 0.3) is 0 Å². The summed E-state index contributed by atoms with van der Waals surface area (Å²) >= 11 is 19.7. The molecule has 1 aromatic carbocycles. The lowest BCUT2D eigenvalue weighted by Crippen LogP contribution is -2.07. The lowest BCUT2D eigenvalue weighted by molar-refractivity contribution is 0.475. The van der Waals surface area contributed by atoms with Crippen LogP contribution in [0, 0.1) is 0 Å². The van der Waals surface area contributed by atoms with Crippen molar-refractivity contribution in [3.8, 4) is 5.75 Å². The number of phenolic OH excluding ortho intramolecular Hbond substituents is 1. The molecule has 0 unspecified atom stereocenters. The second kappa shape index (κ2) is 5.92. The van der Waals surface area contributed by atoms with Crippen LogP contribution in [-0.4, -0.2) is 10.4 Å². The van der Waals surface area contributed by atoms with Crippen LogP contribution in [-0.2, 0) is 0 Å². The molecule has 1 nitrogen and oxygen atoms in total. The molecule has 0 atom stereocenters. The Bertz CT molecular complexity index is 417. The van der Waals surface area contributed by atoms with Crippen molar-refractivity contribution in [2.45, 2.75) is 42.2 Å². The van der Waals surface area contributed by atoms with Crippen LogP contribution in [0.2, 0.25) is 15.1 Å². The summed E-state index contributed by atoms with van der Waals surface area (Å²) in [7, 11) is 0. The molecule has 0 aliphatic heterocycles. The SMILES string of the molecule is Oc1c(Cl)cc(SC2CCCCC2)c(Cl)c1Cl. The second-order valence-electron chi connectivity index (χ2n) is 4.21. The zero-order valence-electron chi connectivity index (χ0n) is 9.18. The van der Waals surface area contributed by atoms with E-state index >= 15 is 0 Å². The first kappa shape index (κ1) is 13.7. The third kappa shape index (κ3) is 3.17. The third-order valence-corrected chi connectivity index (χ3v) is 5.58. The molecule has 0 saturated heterocycles. The van der Waals surface area contributed by atoms with Gasteiger partial charge in [-0.3, -0.25) is 0 Å². The third-order valence-electron chi connectivity index (χ3n) is 2.95. The van der Waals surface area contributed by atoms with E-state index in [0.29, 0.717) is 10.3 Å². The molecule has 1 aliphatic carbocycles. The highest BCUT2D eigenvalue weighted by molar-refractivity contribution is 8.00. The van der Waals surface area contributed by atoms with Crippen LogP contribution in [0.15, 0.2) is 11.0 Å². The van der Waals surface area contributed by atoms with Gasteiger partial charge in [0.25, 0.3) is 0 Å². The molecule has 0 amide bonds. The van der Waals surface area contributed by atoms with Crippen molar-refractivity contribution in [2.75, 3.05) is 0 Å². The number of phenols is 1. The average Bonchev–Trinajstić information content (AvgIpc) is 2.35. The summed E-state index contributed by atoms with van der Waals surface area (Å²) in [6, 6.07) is 1.70. The first-order valence-electron chi connectivity index (χ1n) is 5.62. The first-order valence-corrected chi connectivity index (χ1v) is 7.64. The molecule has 1 saturated carbocycles. The van der Waals surface area contributed by atoms with Crippen LogP contribution in [0.5, 0.6) is 5.75 Å². The molecule has 0 radical (unpaired) electrons. The molecule has 0 spiro atoms. The monoisotopic (exact) mass is 310 g/mol. The molecular weight excluding hydrogens is 299 g/mol. The number of benzene rings is 1. The maximum absolute atomic E-state index is 9.56. The zero-order chi connectivity index (χ0) is 12.4. The molecule has 0 aromatic heterocycles. The predicted octanol–water partition coefficient (Wildman–Crippen LogP) is 5.78. The number of hydrogen-bond acceptors (Lipinski definition) is 2. The predicted molar refractivity (Wildman–Crippen MR) is 75.9 cm³/mol. The summed E-state index contributed by atoms with van der Waals surface area (Å²) < 4.78 is 0. The highest BCUT2D eigenvalue weighted by Gasteiger charge is 2.19. The van der Waals surface area contributed by atoms with E-state index in [9.17, 15) is 5.11 Å². The van der Waals surface area contributed by atoms with Gasteiger partial charge in [-0.1, -0.05) is 54.1 Å². The Morgan fingerprint density at radius 2 is 1.71 bits per heavy atom. The highest BCUT2D eigenvalue weighted by atomic mass is 35.5. The smallest absolute Gasteiger partial charge is 0.154 e. The molecule has 1 aromatic rings. The van der Waals surface area contributed by atoms with Crippen molar-refractivity contribution >= 4 is 46.6 Å². The number of halogens is 3. The number of hydrogen-bond donors (Lipinski definition) is 1. The Labute approximate surface area is 120 Å². The molecule has 17 heavy (non-hydrogen) atoms. The van der Waals surface area contributed by atoms with E-state index in [0.717, 1.165) is 4.90 Å². The number of thioether (sulfide) groups is 1. The van der Waals surface area contributed by atoms with Crippen LogP contribution >= 0.6 is 46.6 Å². The molecular formula is C12H13Cl3OS. The Kier molecular flexibility index (Phi) is 4.76. The lowest BCUT2D eigenvalue weighted by Gasteiger charge is -2.21. The highest BCUT2D eigenvalue weighted by Crippen LogP contribution is 2.45. The molecule has 2 rings (SSSR count). The van der Waals surface area contributed by atoms with E-state index in [2.05, 4.69) is 0 Å². The van der Waals surface area contributed by atoms with Gasteiger partial charge in [-0.25, -0.2) is 0 Å². The summed E-state index contributed by atoms with van der Waals surface area (Å²) in [4.78, 5) is 0.867. The van der Waals surface area contributed by atoms with E-state index in [-0.39, 0.29) is 15.8 Å². The normalized spacial score (nSPS) is 17.4. The van der Waals surface area contributed by atoms with Gasteiger partial charge < -0.3 is 5.11 Å². The maximum Gasteiger partial charge on any atom is 0.154 e. The van der Waals surface area contributed by atoms with Gasteiger partial charge in [0.2, 0.25) is 0 Å². The van der Waals surface area contributed by atoms with Gasteiger partial charge in [0, 0.05) is 10.1 Å². The number of aromatic hydroxyl groups is 1. The molecule has 1 fully saturated rings. The molecule has 0 bridgehead atoms. The van der Waals surface area contributed by atoms with Crippen molar-refractivity contribution in [2.24, 2.45) is 0 Å². The largest absolute Gasteiger partial charge is 0.505 e.